The summed E-state index contributed by atoms with van der Waals surface area (Å²) in [7, 11) is 9.76. The molecule has 8 aromatic heterocycles. The molecule has 0 aliphatic rings. The highest BCUT2D eigenvalue weighted by molar-refractivity contribution is 6.09. The molecule has 8 heterocycles. The quantitative estimate of drug-likeness (QED) is 0.0166. The summed E-state index contributed by atoms with van der Waals surface area (Å²) >= 11 is 0. The van der Waals surface area contributed by atoms with Crippen molar-refractivity contribution >= 4 is 98.5 Å². The van der Waals surface area contributed by atoms with E-state index in [1.807, 2.05) is 0 Å². The maximum atomic E-state index is 14.3. The average Bonchev–Trinajstić information content (AvgIpc) is 1.70. The molecule has 0 spiro atoms. The maximum Gasteiger partial charge on any atom is 0.291 e. The lowest BCUT2D eigenvalue weighted by Gasteiger charge is -2.22. The van der Waals surface area contributed by atoms with E-state index in [1.165, 1.54) is 50.5 Å². The Morgan fingerprint density at radius 2 is 0.976 bits per heavy atom. The molecule has 0 bridgehead atoms. The van der Waals surface area contributed by atoms with Crippen LogP contribution in [0.4, 0.5) is 44.7 Å². The van der Waals surface area contributed by atoms with Gasteiger partial charge in [0.2, 0.25) is 35.3 Å². The number of ether oxygens (including phenoxy) is 9. The third-order valence-electron chi connectivity index (χ3n) is 19.1. The number of pyridine rings is 1. The fourth-order valence-electron chi connectivity index (χ4n) is 12.7. The number of fused-ring (bicyclic) bond motifs is 1. The van der Waals surface area contributed by atoms with Crippen LogP contribution in [0.3, 0.4) is 0 Å². The first-order valence-electron chi connectivity index (χ1n) is 40.0. The van der Waals surface area contributed by atoms with Crippen molar-refractivity contribution in [2.24, 2.45) is 42.3 Å². The van der Waals surface area contributed by atoms with Gasteiger partial charge in [0.05, 0.1) is 129 Å². The first-order valence-corrected chi connectivity index (χ1v) is 40.0. The topological polar surface area (TPSA) is 468 Å². The number of aryl methyl sites for hydroxylation is 8. The first-order chi connectivity index (χ1) is 60.0. The number of halogens is 1. The number of carbonyl (C=O) groups excluding carboxylic acids is 8. The van der Waals surface area contributed by atoms with Crippen LogP contribution in [-0.4, -0.2) is 214 Å². The fraction of sp³-hybridized carbons (Fsp3) is 0.381. The summed E-state index contributed by atoms with van der Waals surface area (Å²) in [6.45, 7) is 12.7. The lowest BCUT2D eigenvalue weighted by atomic mass is 9.93. The van der Waals surface area contributed by atoms with Crippen molar-refractivity contribution in [3.63, 3.8) is 0 Å². The maximum absolute atomic E-state index is 14.3. The number of carbonyl (C=O) groups is 8. The summed E-state index contributed by atoms with van der Waals surface area (Å²) in [5.74, 6) is -2.01. The van der Waals surface area contributed by atoms with E-state index in [9.17, 15) is 52.6 Å². The lowest BCUT2D eigenvalue weighted by molar-refractivity contribution is -0.121. The van der Waals surface area contributed by atoms with Crippen LogP contribution < -0.4 is 57.6 Å². The highest BCUT2D eigenvalue weighted by Gasteiger charge is 2.26. The van der Waals surface area contributed by atoms with E-state index >= 15 is 0 Å². The second kappa shape index (κ2) is 44.0. The Kier molecular flexibility index (Phi) is 32.4. The third kappa shape index (κ3) is 26.7. The largest absolute Gasteiger partial charge is 0.491 e. The number of imidazole rings is 3. The van der Waals surface area contributed by atoms with Gasteiger partial charge in [-0.1, -0.05) is 11.3 Å². The van der Waals surface area contributed by atoms with Gasteiger partial charge in [-0.2, -0.15) is 0 Å². The number of rotatable bonds is 48. The van der Waals surface area contributed by atoms with Crippen molar-refractivity contribution < 1.29 is 90.5 Å². The van der Waals surface area contributed by atoms with Crippen LogP contribution in [0.5, 0.6) is 17.2 Å². The molecule has 0 fully saturated rings. The normalized spacial score (nSPS) is 11.4. The van der Waals surface area contributed by atoms with Gasteiger partial charge in [-0.25, -0.2) is 24.0 Å². The Bertz CT molecular complexity index is 5650. The number of aliphatic hydroxyl groups is 1. The number of H-pyrrole nitrogens is 1. The Morgan fingerprint density at radius 1 is 0.488 bits per heavy atom. The van der Waals surface area contributed by atoms with Gasteiger partial charge in [0, 0.05) is 146 Å². The monoisotopic (exact) mass is 1730 g/mol. The molecular weight excluding hydrogens is 1630 g/mol. The minimum absolute atomic E-state index is 0.00874. The van der Waals surface area contributed by atoms with Crippen LogP contribution in [0.1, 0.15) is 104 Å². The van der Waals surface area contributed by atoms with Gasteiger partial charge in [0.25, 0.3) is 29.2 Å². The van der Waals surface area contributed by atoms with Gasteiger partial charge in [-0.15, -0.1) is 5.10 Å². The van der Waals surface area contributed by atoms with E-state index in [-0.39, 0.29) is 90.5 Å². The summed E-state index contributed by atoms with van der Waals surface area (Å²) in [4.78, 5) is 133. The molecule has 664 valence electrons. The molecule has 0 atom stereocenters. The van der Waals surface area contributed by atoms with Crippen LogP contribution >= 0.6 is 0 Å². The Labute approximate surface area is 716 Å². The molecule has 10 N–H and O–H groups in total. The molecule has 0 unspecified atom stereocenters. The van der Waals surface area contributed by atoms with Crippen LogP contribution in [0.2, 0.25) is 0 Å². The van der Waals surface area contributed by atoms with E-state index in [1.54, 1.807) is 174 Å². The molecule has 11 aromatic rings. The van der Waals surface area contributed by atoms with Gasteiger partial charge in [-0.3, -0.25) is 43.2 Å². The number of anilines is 7. The van der Waals surface area contributed by atoms with Gasteiger partial charge in [-0.05, 0) is 99.0 Å². The number of hydrogen-bond donors (Lipinski definition) is 10. The molecule has 0 saturated carbocycles. The highest BCUT2D eigenvalue weighted by atomic mass is 19.1. The number of aromatic nitrogens is 13. The van der Waals surface area contributed by atoms with Crippen LogP contribution in [0.25, 0.3) is 22.0 Å². The van der Waals surface area contributed by atoms with Crippen LogP contribution in [-0.2, 0) is 113 Å². The zero-order valence-electron chi connectivity index (χ0n) is 70.9. The molecule has 41 heteroatoms. The summed E-state index contributed by atoms with van der Waals surface area (Å²) < 4.78 is 76.4. The number of hydrogen-bond acceptors (Lipinski definition) is 24. The van der Waals surface area contributed by atoms with Crippen molar-refractivity contribution in [1.82, 2.24) is 67.6 Å². The molecule has 0 aliphatic heterocycles. The van der Waals surface area contributed by atoms with E-state index in [0.717, 1.165) is 0 Å². The number of aromatic amines is 1. The zero-order chi connectivity index (χ0) is 89.3. The molecule has 125 heavy (non-hydrogen) atoms. The average molecular weight is 1730 g/mol. The van der Waals surface area contributed by atoms with Gasteiger partial charge < -0.3 is 123 Å². The summed E-state index contributed by atoms with van der Waals surface area (Å²) in [5, 5.41) is 41.4. The van der Waals surface area contributed by atoms with Crippen molar-refractivity contribution in [3.05, 3.63) is 184 Å². The minimum Gasteiger partial charge on any atom is -0.491 e. The molecular formula is C84H102FN21O19. The zero-order valence-corrected chi connectivity index (χ0v) is 70.9. The Balaban J connectivity index is 0.464. The van der Waals surface area contributed by atoms with Gasteiger partial charge in [0.1, 0.15) is 58.2 Å². The van der Waals surface area contributed by atoms with Crippen molar-refractivity contribution in [2.75, 3.05) is 136 Å². The number of benzene rings is 3. The summed E-state index contributed by atoms with van der Waals surface area (Å²) in [5.41, 5.74) is 3.32. The predicted molar refractivity (Wildman–Crippen MR) is 456 cm³/mol. The molecule has 3 aromatic carbocycles. The third-order valence-corrected chi connectivity index (χ3v) is 19.1. The molecule has 8 amide bonds. The van der Waals surface area contributed by atoms with E-state index in [0.29, 0.717) is 184 Å². The summed E-state index contributed by atoms with van der Waals surface area (Å²) in [6.07, 6.45) is 11.7. The van der Waals surface area contributed by atoms with E-state index in [4.69, 9.17) is 42.6 Å². The molecule has 40 nitrogen and oxygen atoms in total. The minimum atomic E-state index is -1.23. The molecule has 11 rings (SSSR count). The predicted octanol–water partition coefficient (Wildman–Crippen LogP) is 7.38. The van der Waals surface area contributed by atoms with Crippen molar-refractivity contribution in [2.45, 2.75) is 72.1 Å². The Hall–Kier alpha value is -13.6. The molecule has 0 saturated heterocycles. The SMILES string of the molecule is Cc1cc(F)cc(C)c1Oc1ccc(C(C)(C)O)cc1-c1cn(C)c(=O)c2[nH]c(C(=O)Nc3ccc(OCCOCCOCCOCCOCCOCCOCCOCCn4cc(CNC(=O)c5nc(NC(=O)CCC(=O)Nc6cc(NC(=O)c7nc(NC(=O)CCC(=O)Nc8cc(NC(=O)c9nccn9C)cn8C)cn7C)cn6C)cn5C)nn4)cc3)cc12. The number of amides is 8. The number of nitrogens with one attached hydrogen (secondary N) is 9. The lowest BCUT2D eigenvalue weighted by Crippen LogP contribution is -2.26. The first kappa shape index (κ1) is 92.2. The fourth-order valence-corrected chi connectivity index (χ4v) is 12.7. The van der Waals surface area contributed by atoms with E-state index in [2.05, 4.69) is 72.8 Å². The van der Waals surface area contributed by atoms with Crippen LogP contribution in [0.15, 0.2) is 127 Å². The highest BCUT2D eigenvalue weighted by Crippen LogP contribution is 2.41. The number of nitrogens with zero attached hydrogens (tertiary/aromatic N) is 12. The van der Waals surface area contributed by atoms with Crippen molar-refractivity contribution in [1.29, 1.82) is 0 Å². The van der Waals surface area contributed by atoms with Crippen LogP contribution in [0, 0.1) is 19.7 Å². The standard InChI is InChI=1S/C84H102FN21O19/c1-52-39-55(85)40-53(2)75(52)125-65-16-11-54(84(3,4)116)41-61(65)63-49-105(10)83(115)74-62(63)44-64(91-74)79(111)88-56-12-14-60(15-13-56)124-38-37-123-36-35-122-34-33-121-32-31-120-30-29-119-28-27-118-26-25-117-24-23-106-48-59(98-99-106)45-87-80(112)77-94-66(50-103(77)8)92-70(107)17-19-73(110)97-69-43-58(47-102(69)7)90-82(114)78-95-67(51-104(78)9)93-71(108)18-20-72(109)96-68-42-57(46-101(68)6)89-81(113)76-86-21-22-100(76)5/h11-16,21-22,39-44,46-51,91,116H,17-20,23-38,45H2,1-10H3,(H,87,112)(H,88,111)(H,89,113)(H,90,114)(H,92,107)(H,93,108)(H,96,109)(H,97,110). The van der Waals surface area contributed by atoms with Crippen molar-refractivity contribution in [3.8, 4) is 28.4 Å². The van der Waals surface area contributed by atoms with Gasteiger partial charge in [0.15, 0.2) is 17.5 Å². The molecule has 0 aliphatic carbocycles. The van der Waals surface area contributed by atoms with Gasteiger partial charge >= 0.3 is 0 Å². The Morgan fingerprint density at radius 3 is 1.49 bits per heavy atom. The second-order valence-corrected chi connectivity index (χ2v) is 29.5. The summed E-state index contributed by atoms with van der Waals surface area (Å²) in [6, 6.07) is 19.5. The second-order valence-electron chi connectivity index (χ2n) is 29.5. The smallest absolute Gasteiger partial charge is 0.291 e. The molecule has 0 radical (unpaired) electrons. The van der Waals surface area contributed by atoms with E-state index < -0.39 is 52.9 Å².